The van der Waals surface area contributed by atoms with Gasteiger partial charge in [-0.05, 0) is 22.8 Å². The van der Waals surface area contributed by atoms with E-state index >= 15 is 0 Å². The summed E-state index contributed by atoms with van der Waals surface area (Å²) in [6, 6.07) is 14.9. The van der Waals surface area contributed by atoms with E-state index < -0.39 is 9.84 Å². The van der Waals surface area contributed by atoms with Gasteiger partial charge in [0.05, 0.1) is 40.3 Å². The van der Waals surface area contributed by atoms with Crippen LogP contribution in [0.2, 0.25) is 0 Å². The maximum Gasteiger partial charge on any atom is 0.257 e. The van der Waals surface area contributed by atoms with Crippen molar-refractivity contribution in [2.24, 2.45) is 0 Å². The summed E-state index contributed by atoms with van der Waals surface area (Å²) in [6.07, 6.45) is 4.79. The highest BCUT2D eigenvalue weighted by Gasteiger charge is 2.36. The zero-order valence-electron chi connectivity index (χ0n) is 18.4. The summed E-state index contributed by atoms with van der Waals surface area (Å²) in [5.41, 5.74) is 4.50. The number of aromatic nitrogens is 3. The summed E-state index contributed by atoms with van der Waals surface area (Å²) in [6.45, 7) is 2.33. The predicted octanol–water partition coefficient (Wildman–Crippen LogP) is 2.79. The van der Waals surface area contributed by atoms with E-state index in [2.05, 4.69) is 19.9 Å². The van der Waals surface area contributed by atoms with Crippen LogP contribution in [0, 0.1) is 0 Å². The minimum absolute atomic E-state index is 0.00416. The number of nitrogens with one attached hydrogen (secondary N) is 1. The number of pyridine rings is 1. The summed E-state index contributed by atoms with van der Waals surface area (Å²) >= 11 is 0. The van der Waals surface area contributed by atoms with E-state index in [0.29, 0.717) is 42.2 Å². The van der Waals surface area contributed by atoms with Crippen LogP contribution >= 0.6 is 0 Å². The normalized spacial score (nSPS) is 19.9. The highest BCUT2D eigenvalue weighted by Crippen LogP contribution is 2.40. The molecule has 0 aliphatic carbocycles. The van der Waals surface area contributed by atoms with Crippen LogP contribution in [-0.4, -0.2) is 65.3 Å². The van der Waals surface area contributed by atoms with Crippen LogP contribution in [-0.2, 0) is 15.6 Å². The second-order valence-electron chi connectivity index (χ2n) is 8.71. The minimum Gasteiger partial charge on any atom is -0.343 e. The van der Waals surface area contributed by atoms with E-state index in [0.717, 1.165) is 22.2 Å². The topological polar surface area (TPSA) is 99.3 Å². The number of carbonyl (C=O) groups is 1. The number of imidazole rings is 1. The van der Waals surface area contributed by atoms with Crippen molar-refractivity contribution >= 4 is 26.8 Å². The number of nitrogens with zero attached hydrogens (tertiary/aromatic N) is 4. The van der Waals surface area contributed by atoms with E-state index in [1.54, 1.807) is 30.9 Å². The van der Waals surface area contributed by atoms with Crippen molar-refractivity contribution in [2.45, 2.75) is 16.7 Å². The molecule has 1 saturated heterocycles. The highest BCUT2D eigenvalue weighted by atomic mass is 32.2. The van der Waals surface area contributed by atoms with Gasteiger partial charge in [0.1, 0.15) is 5.52 Å². The molecule has 1 N–H and O–H groups in total. The molecular formula is C25H23N5O3S. The average molecular weight is 474 g/mol. The van der Waals surface area contributed by atoms with E-state index in [4.69, 9.17) is 0 Å². The first-order chi connectivity index (χ1) is 16.5. The van der Waals surface area contributed by atoms with Gasteiger partial charge in [-0.2, -0.15) is 0 Å². The molecule has 8 nitrogen and oxygen atoms in total. The molecule has 6 rings (SSSR count). The Morgan fingerprint density at radius 1 is 0.941 bits per heavy atom. The third-order valence-electron chi connectivity index (χ3n) is 6.77. The number of sulfone groups is 1. The SMILES string of the molecule is O=C(c1cncc2[nH]cnc12)N1CCN(C2c3ccccc3CS(=O)(=O)c3ccccc32)CC1. The van der Waals surface area contributed by atoms with Crippen LogP contribution in [0.25, 0.3) is 11.0 Å². The van der Waals surface area contributed by atoms with Crippen molar-refractivity contribution in [3.05, 3.63) is 89.5 Å². The molecule has 2 aliphatic heterocycles. The number of benzene rings is 2. The van der Waals surface area contributed by atoms with Gasteiger partial charge in [0.2, 0.25) is 0 Å². The van der Waals surface area contributed by atoms with Crippen molar-refractivity contribution in [2.75, 3.05) is 26.2 Å². The molecule has 0 saturated carbocycles. The van der Waals surface area contributed by atoms with Crippen LogP contribution in [0.3, 0.4) is 0 Å². The number of hydrogen-bond donors (Lipinski definition) is 1. The first-order valence-electron chi connectivity index (χ1n) is 11.2. The second kappa shape index (κ2) is 8.03. The molecule has 2 aromatic carbocycles. The lowest BCUT2D eigenvalue weighted by Crippen LogP contribution is -2.50. The lowest BCUT2D eigenvalue weighted by Gasteiger charge is -2.40. The predicted molar refractivity (Wildman–Crippen MR) is 127 cm³/mol. The number of hydrogen-bond acceptors (Lipinski definition) is 6. The van der Waals surface area contributed by atoms with Crippen molar-refractivity contribution < 1.29 is 13.2 Å². The molecule has 9 heteroatoms. The van der Waals surface area contributed by atoms with Crippen molar-refractivity contribution in [1.29, 1.82) is 0 Å². The molecule has 2 aliphatic rings. The maximum atomic E-state index is 13.3. The molecular weight excluding hydrogens is 450 g/mol. The number of amides is 1. The Bertz CT molecular complexity index is 1510. The zero-order valence-corrected chi connectivity index (χ0v) is 19.2. The van der Waals surface area contributed by atoms with Crippen LogP contribution in [0.4, 0.5) is 0 Å². The Morgan fingerprint density at radius 2 is 1.68 bits per heavy atom. The number of H-pyrrole nitrogens is 1. The van der Waals surface area contributed by atoms with Crippen molar-refractivity contribution in [3.8, 4) is 0 Å². The van der Waals surface area contributed by atoms with Gasteiger partial charge in [0, 0.05) is 32.4 Å². The Morgan fingerprint density at radius 3 is 2.50 bits per heavy atom. The van der Waals surface area contributed by atoms with Crippen LogP contribution in [0.1, 0.15) is 33.1 Å². The van der Waals surface area contributed by atoms with Gasteiger partial charge in [-0.1, -0.05) is 42.5 Å². The fraction of sp³-hybridized carbons (Fsp3) is 0.240. The Labute approximate surface area is 197 Å². The monoisotopic (exact) mass is 473 g/mol. The molecule has 1 unspecified atom stereocenters. The Hall–Kier alpha value is -3.56. The van der Waals surface area contributed by atoms with Crippen molar-refractivity contribution in [3.63, 3.8) is 0 Å². The third-order valence-corrected chi connectivity index (χ3v) is 8.51. The van der Waals surface area contributed by atoms with Crippen LogP contribution in [0.15, 0.2) is 72.1 Å². The molecule has 172 valence electrons. The van der Waals surface area contributed by atoms with Crippen molar-refractivity contribution in [1.82, 2.24) is 24.8 Å². The lowest BCUT2D eigenvalue weighted by molar-refractivity contribution is 0.0597. The number of aromatic amines is 1. The van der Waals surface area contributed by atoms with E-state index in [1.165, 1.54) is 0 Å². The summed E-state index contributed by atoms with van der Waals surface area (Å²) in [5, 5.41) is 0. The fourth-order valence-electron chi connectivity index (χ4n) is 5.14. The second-order valence-corrected chi connectivity index (χ2v) is 10.7. The maximum absolute atomic E-state index is 13.3. The molecule has 0 radical (unpaired) electrons. The van der Waals surface area contributed by atoms with E-state index in [9.17, 15) is 13.2 Å². The number of carbonyl (C=O) groups excluding carboxylic acids is 1. The standard InChI is InChI=1S/C25H23N5O3S/c31-25(20-13-26-14-21-23(20)28-16-27-21)30-11-9-29(10-12-30)24-18-6-2-1-5-17(18)15-34(32,33)22-8-4-3-7-19(22)24/h1-8,13-14,16,24H,9-12,15H2,(H,27,28). The fourth-order valence-corrected chi connectivity index (χ4v) is 6.79. The van der Waals surface area contributed by atoms with Crippen LogP contribution in [0.5, 0.6) is 0 Å². The average Bonchev–Trinajstić information content (AvgIpc) is 3.31. The summed E-state index contributed by atoms with van der Waals surface area (Å²) < 4.78 is 26.4. The first-order valence-corrected chi connectivity index (χ1v) is 12.9. The quantitative estimate of drug-likeness (QED) is 0.481. The summed E-state index contributed by atoms with van der Waals surface area (Å²) in [4.78, 5) is 29.2. The highest BCUT2D eigenvalue weighted by molar-refractivity contribution is 7.90. The van der Waals surface area contributed by atoms with Gasteiger partial charge in [0.15, 0.2) is 9.84 Å². The molecule has 1 fully saturated rings. The Kier molecular flexibility index (Phi) is 4.96. The lowest BCUT2D eigenvalue weighted by atomic mass is 9.93. The smallest absolute Gasteiger partial charge is 0.257 e. The van der Waals surface area contributed by atoms with Gasteiger partial charge in [-0.15, -0.1) is 0 Å². The molecule has 1 atom stereocenters. The summed E-state index contributed by atoms with van der Waals surface area (Å²) in [5.74, 6) is -0.0930. The van der Waals surface area contributed by atoms with Gasteiger partial charge in [-0.3, -0.25) is 14.7 Å². The van der Waals surface area contributed by atoms with E-state index in [1.807, 2.05) is 41.3 Å². The first kappa shape index (κ1) is 21.0. The molecule has 0 spiro atoms. The number of fused-ring (bicyclic) bond motifs is 3. The largest absolute Gasteiger partial charge is 0.343 e. The molecule has 34 heavy (non-hydrogen) atoms. The van der Waals surface area contributed by atoms with Gasteiger partial charge < -0.3 is 9.88 Å². The molecule has 0 bridgehead atoms. The number of piperazine rings is 1. The molecule has 4 heterocycles. The summed E-state index contributed by atoms with van der Waals surface area (Å²) in [7, 11) is -3.45. The molecule has 1 amide bonds. The van der Waals surface area contributed by atoms with E-state index in [-0.39, 0.29) is 17.7 Å². The number of rotatable bonds is 2. The van der Waals surface area contributed by atoms with Gasteiger partial charge >= 0.3 is 0 Å². The third kappa shape index (κ3) is 3.39. The zero-order chi connectivity index (χ0) is 23.3. The van der Waals surface area contributed by atoms with Gasteiger partial charge in [0.25, 0.3) is 5.91 Å². The molecule has 4 aromatic rings. The molecule has 2 aromatic heterocycles. The van der Waals surface area contributed by atoms with Crippen LogP contribution < -0.4 is 0 Å². The Balaban J connectivity index is 1.32. The minimum atomic E-state index is -3.45. The van der Waals surface area contributed by atoms with Gasteiger partial charge in [-0.25, -0.2) is 13.4 Å².